The van der Waals surface area contributed by atoms with Crippen LogP contribution in [0.15, 0.2) is 18.2 Å². The van der Waals surface area contributed by atoms with Gasteiger partial charge in [0.2, 0.25) is 5.91 Å². The van der Waals surface area contributed by atoms with Gasteiger partial charge in [-0.1, -0.05) is 39.3 Å². The largest absolute Gasteiger partial charge is 0.382 e. The topological polar surface area (TPSA) is 55.1 Å². The van der Waals surface area contributed by atoms with E-state index in [9.17, 15) is 4.79 Å². The summed E-state index contributed by atoms with van der Waals surface area (Å²) in [5, 5.41) is 3.91. The Morgan fingerprint density at radius 2 is 1.75 bits per heavy atom. The molecule has 0 fully saturated rings. The molecule has 0 saturated heterocycles. The van der Waals surface area contributed by atoms with E-state index < -0.39 is 5.91 Å². The van der Waals surface area contributed by atoms with E-state index in [0.717, 1.165) is 18.5 Å². The Morgan fingerprint density at radius 1 is 1.20 bits per heavy atom. The van der Waals surface area contributed by atoms with Crippen LogP contribution in [0, 0.1) is 11.8 Å². The molecule has 0 heterocycles. The first-order valence-electron chi connectivity index (χ1n) is 7.15. The van der Waals surface area contributed by atoms with Crippen molar-refractivity contribution in [3.63, 3.8) is 0 Å². The molecule has 0 radical (unpaired) electrons. The minimum atomic E-state index is -0.498. The Labute approximate surface area is 126 Å². The van der Waals surface area contributed by atoms with Crippen molar-refractivity contribution in [2.24, 2.45) is 17.6 Å². The molecule has 112 valence electrons. The highest BCUT2D eigenvalue weighted by atomic mass is 35.5. The SMILES string of the molecule is CC(C)CC(CC(C)C)Nc1ccc(C(N)=O)c(Cl)c1. The maximum Gasteiger partial charge on any atom is 0.250 e. The maximum atomic E-state index is 11.2. The average Bonchev–Trinajstić information content (AvgIpc) is 2.26. The van der Waals surface area contributed by atoms with Crippen LogP contribution in [-0.2, 0) is 0 Å². The molecule has 0 unspecified atom stereocenters. The van der Waals surface area contributed by atoms with Crippen molar-refractivity contribution >= 4 is 23.2 Å². The molecule has 1 rings (SSSR count). The molecule has 3 N–H and O–H groups in total. The van der Waals surface area contributed by atoms with Crippen molar-refractivity contribution in [1.29, 1.82) is 0 Å². The molecular weight excluding hydrogens is 272 g/mol. The lowest BCUT2D eigenvalue weighted by Crippen LogP contribution is -2.23. The Bertz CT molecular complexity index is 448. The molecule has 0 spiro atoms. The van der Waals surface area contributed by atoms with Gasteiger partial charge in [-0.05, 0) is 42.9 Å². The van der Waals surface area contributed by atoms with Gasteiger partial charge >= 0.3 is 0 Å². The summed E-state index contributed by atoms with van der Waals surface area (Å²) < 4.78 is 0. The van der Waals surface area contributed by atoms with Gasteiger partial charge in [-0.25, -0.2) is 0 Å². The van der Waals surface area contributed by atoms with E-state index in [0.29, 0.717) is 28.5 Å². The van der Waals surface area contributed by atoms with Crippen molar-refractivity contribution in [3.05, 3.63) is 28.8 Å². The van der Waals surface area contributed by atoms with Gasteiger partial charge in [0, 0.05) is 11.7 Å². The first-order chi connectivity index (χ1) is 9.29. The van der Waals surface area contributed by atoms with Gasteiger partial charge in [0.05, 0.1) is 10.6 Å². The molecule has 1 aromatic carbocycles. The van der Waals surface area contributed by atoms with Crippen molar-refractivity contribution in [2.75, 3.05) is 5.32 Å². The van der Waals surface area contributed by atoms with Crippen molar-refractivity contribution < 1.29 is 4.79 Å². The van der Waals surface area contributed by atoms with Crippen molar-refractivity contribution in [1.82, 2.24) is 0 Å². The Balaban J connectivity index is 2.82. The monoisotopic (exact) mass is 296 g/mol. The fourth-order valence-corrected chi connectivity index (χ4v) is 2.67. The lowest BCUT2D eigenvalue weighted by molar-refractivity contribution is 0.100. The molecule has 0 saturated carbocycles. The fraction of sp³-hybridized carbons (Fsp3) is 0.562. The first-order valence-corrected chi connectivity index (χ1v) is 7.53. The molecule has 0 bridgehead atoms. The van der Waals surface area contributed by atoms with Gasteiger partial charge in [-0.2, -0.15) is 0 Å². The number of nitrogens with one attached hydrogen (secondary N) is 1. The van der Waals surface area contributed by atoms with Crippen LogP contribution in [0.25, 0.3) is 0 Å². The molecule has 3 nitrogen and oxygen atoms in total. The van der Waals surface area contributed by atoms with E-state index >= 15 is 0 Å². The Morgan fingerprint density at radius 3 is 2.15 bits per heavy atom. The number of anilines is 1. The second-order valence-electron chi connectivity index (χ2n) is 6.16. The summed E-state index contributed by atoms with van der Waals surface area (Å²) in [6.07, 6.45) is 2.21. The number of hydrogen-bond acceptors (Lipinski definition) is 2. The molecular formula is C16H25ClN2O. The summed E-state index contributed by atoms with van der Waals surface area (Å²) in [6.45, 7) is 8.88. The number of carbonyl (C=O) groups is 1. The second-order valence-corrected chi connectivity index (χ2v) is 6.57. The van der Waals surface area contributed by atoms with E-state index in [1.165, 1.54) is 0 Å². The van der Waals surface area contributed by atoms with Crippen LogP contribution in [-0.4, -0.2) is 11.9 Å². The Kier molecular flexibility index (Phi) is 6.34. The van der Waals surface area contributed by atoms with Crippen LogP contribution in [0.1, 0.15) is 50.9 Å². The summed E-state index contributed by atoms with van der Waals surface area (Å²) in [4.78, 5) is 11.2. The predicted molar refractivity (Wildman–Crippen MR) is 86.3 cm³/mol. The molecule has 4 heteroatoms. The van der Waals surface area contributed by atoms with Crippen LogP contribution >= 0.6 is 11.6 Å². The quantitative estimate of drug-likeness (QED) is 0.787. The van der Waals surface area contributed by atoms with Crippen LogP contribution < -0.4 is 11.1 Å². The first kappa shape index (κ1) is 16.8. The number of halogens is 1. The minimum absolute atomic E-state index is 0.362. The number of carbonyl (C=O) groups excluding carboxylic acids is 1. The van der Waals surface area contributed by atoms with Crippen molar-refractivity contribution in [3.8, 4) is 0 Å². The third kappa shape index (κ3) is 5.41. The van der Waals surface area contributed by atoms with Crippen LogP contribution in [0.3, 0.4) is 0 Å². The van der Waals surface area contributed by atoms with E-state index in [-0.39, 0.29) is 0 Å². The maximum absolute atomic E-state index is 11.2. The van der Waals surface area contributed by atoms with Crippen LogP contribution in [0.5, 0.6) is 0 Å². The van der Waals surface area contributed by atoms with E-state index in [2.05, 4.69) is 33.0 Å². The third-order valence-electron chi connectivity index (χ3n) is 3.12. The molecule has 0 aliphatic carbocycles. The summed E-state index contributed by atoms with van der Waals surface area (Å²) in [6, 6.07) is 5.72. The van der Waals surface area contributed by atoms with Crippen molar-refractivity contribution in [2.45, 2.75) is 46.6 Å². The summed E-state index contributed by atoms with van der Waals surface area (Å²) in [5.74, 6) is 0.765. The zero-order chi connectivity index (χ0) is 15.3. The normalized spacial score (nSPS) is 11.4. The summed E-state index contributed by atoms with van der Waals surface area (Å²) in [5.41, 5.74) is 6.55. The zero-order valence-electron chi connectivity index (χ0n) is 12.7. The smallest absolute Gasteiger partial charge is 0.250 e. The second kappa shape index (κ2) is 7.53. The molecule has 0 atom stereocenters. The van der Waals surface area contributed by atoms with E-state index in [4.69, 9.17) is 17.3 Å². The van der Waals surface area contributed by atoms with Gasteiger partial charge in [0.1, 0.15) is 0 Å². The average molecular weight is 297 g/mol. The number of amides is 1. The number of primary amides is 1. The Hall–Kier alpha value is -1.22. The highest BCUT2D eigenvalue weighted by molar-refractivity contribution is 6.34. The number of nitrogens with two attached hydrogens (primary N) is 1. The zero-order valence-corrected chi connectivity index (χ0v) is 13.5. The van der Waals surface area contributed by atoms with Gasteiger partial charge in [-0.15, -0.1) is 0 Å². The van der Waals surface area contributed by atoms with Crippen LogP contribution in [0.2, 0.25) is 5.02 Å². The van der Waals surface area contributed by atoms with E-state index in [1.54, 1.807) is 12.1 Å². The molecule has 0 aromatic heterocycles. The molecule has 20 heavy (non-hydrogen) atoms. The lowest BCUT2D eigenvalue weighted by Gasteiger charge is -2.23. The van der Waals surface area contributed by atoms with Gasteiger partial charge in [0.15, 0.2) is 0 Å². The number of rotatable bonds is 7. The third-order valence-corrected chi connectivity index (χ3v) is 3.43. The van der Waals surface area contributed by atoms with Gasteiger partial charge < -0.3 is 11.1 Å². The van der Waals surface area contributed by atoms with E-state index in [1.807, 2.05) is 6.07 Å². The fourth-order valence-electron chi connectivity index (χ4n) is 2.39. The molecule has 0 aliphatic rings. The molecule has 1 amide bonds. The highest BCUT2D eigenvalue weighted by Crippen LogP contribution is 2.24. The lowest BCUT2D eigenvalue weighted by atomic mass is 9.95. The van der Waals surface area contributed by atoms with Gasteiger partial charge in [-0.3, -0.25) is 4.79 Å². The molecule has 1 aromatic rings. The van der Waals surface area contributed by atoms with Gasteiger partial charge in [0.25, 0.3) is 0 Å². The number of hydrogen-bond donors (Lipinski definition) is 2. The predicted octanol–water partition coefficient (Wildman–Crippen LogP) is 4.31. The van der Waals surface area contributed by atoms with Crippen LogP contribution in [0.4, 0.5) is 5.69 Å². The minimum Gasteiger partial charge on any atom is -0.382 e. The standard InChI is InChI=1S/C16H25ClN2O/c1-10(2)7-13(8-11(3)4)19-12-5-6-14(16(18)20)15(17)9-12/h5-6,9-11,13,19H,7-8H2,1-4H3,(H2,18,20). The number of benzene rings is 1. The highest BCUT2D eigenvalue weighted by Gasteiger charge is 2.14. The summed E-state index contributed by atoms with van der Waals surface area (Å²) in [7, 11) is 0. The summed E-state index contributed by atoms with van der Waals surface area (Å²) >= 11 is 6.08. The molecule has 0 aliphatic heterocycles.